The van der Waals surface area contributed by atoms with Gasteiger partial charge in [-0.3, -0.25) is 4.79 Å². The van der Waals surface area contributed by atoms with Gasteiger partial charge >= 0.3 is 5.82 Å². The number of halogens is 2. The van der Waals surface area contributed by atoms with E-state index in [1.165, 1.54) is 24.3 Å². The molecule has 1 aliphatic rings. The average molecular weight is 342 g/mol. The molecule has 25 heavy (non-hydrogen) atoms. The number of amides is 1. The van der Waals surface area contributed by atoms with E-state index in [0.29, 0.717) is 30.4 Å². The van der Waals surface area contributed by atoms with Gasteiger partial charge in [-0.05, 0) is 23.2 Å². The number of hydrogen-bond donors (Lipinski definition) is 2. The molecule has 3 aromatic rings. The molecule has 3 heterocycles. The van der Waals surface area contributed by atoms with Crippen LogP contribution in [-0.2, 0) is 6.42 Å². The maximum absolute atomic E-state index is 14.3. The van der Waals surface area contributed by atoms with Gasteiger partial charge in [0.2, 0.25) is 11.5 Å². The number of hydrogen-bond acceptors (Lipinski definition) is 3. The first-order valence-electron chi connectivity index (χ1n) is 7.59. The van der Waals surface area contributed by atoms with Crippen molar-refractivity contribution >= 4 is 5.91 Å². The smallest absolute Gasteiger partial charge is 0.337 e. The zero-order valence-electron chi connectivity index (χ0n) is 12.8. The first-order valence-corrected chi connectivity index (χ1v) is 7.59. The predicted octanol–water partition coefficient (Wildman–Crippen LogP) is 1.94. The molecule has 6 nitrogen and oxygen atoms in total. The minimum atomic E-state index is -0.867. The van der Waals surface area contributed by atoms with Crippen LogP contribution in [0.4, 0.5) is 8.78 Å². The Labute approximate surface area is 140 Å². The molecule has 1 aromatic carbocycles. The molecule has 0 unspecified atom stereocenters. The molecule has 0 fully saturated rings. The molecular weight excluding hydrogens is 330 g/mol. The number of carbonyl (C=O) groups is 1. The van der Waals surface area contributed by atoms with Crippen molar-refractivity contribution < 1.29 is 18.3 Å². The van der Waals surface area contributed by atoms with E-state index in [2.05, 4.69) is 15.3 Å². The van der Waals surface area contributed by atoms with E-state index in [1.807, 2.05) is 0 Å². The van der Waals surface area contributed by atoms with Gasteiger partial charge in [0, 0.05) is 18.7 Å². The van der Waals surface area contributed by atoms with E-state index < -0.39 is 11.6 Å². The van der Waals surface area contributed by atoms with Crippen LogP contribution in [0.5, 0.6) is 0 Å². The van der Waals surface area contributed by atoms with Gasteiger partial charge in [0.15, 0.2) is 0 Å². The van der Waals surface area contributed by atoms with Gasteiger partial charge in [0.25, 0.3) is 5.91 Å². The fourth-order valence-electron chi connectivity index (χ4n) is 2.87. The highest BCUT2D eigenvalue weighted by Crippen LogP contribution is 2.26. The Morgan fingerprint density at radius 3 is 2.72 bits per heavy atom. The molecule has 4 rings (SSSR count). The van der Waals surface area contributed by atoms with Crippen LogP contribution in [0.2, 0.25) is 0 Å². The average Bonchev–Trinajstić information content (AvgIpc) is 3.01. The van der Waals surface area contributed by atoms with E-state index in [1.54, 1.807) is 6.07 Å². The summed E-state index contributed by atoms with van der Waals surface area (Å²) < 4.78 is 28.5. The zero-order chi connectivity index (χ0) is 17.6. The Morgan fingerprint density at radius 1 is 1.16 bits per heavy atom. The molecule has 2 aromatic heterocycles. The molecule has 8 heteroatoms. The summed E-state index contributed by atoms with van der Waals surface area (Å²) in [6.07, 6.45) is 1.28. The fraction of sp³-hybridized carbons (Fsp3) is 0.118. The SMILES string of the molecule is O=C1NCCc2[nH]c(-c3nc(-c4ccccc4F)[n+]([O-])cc3F)cc21. The summed E-state index contributed by atoms with van der Waals surface area (Å²) in [6.45, 7) is 0.484. The largest absolute Gasteiger partial charge is 0.710 e. The molecule has 0 saturated heterocycles. The molecule has 0 spiro atoms. The number of nitrogens with zero attached hydrogens (tertiary/aromatic N) is 2. The maximum Gasteiger partial charge on any atom is 0.337 e. The summed E-state index contributed by atoms with van der Waals surface area (Å²) in [6, 6.07) is 7.10. The maximum atomic E-state index is 14.3. The molecule has 2 N–H and O–H groups in total. The number of benzene rings is 1. The summed E-state index contributed by atoms with van der Waals surface area (Å²) in [5.74, 6) is -2.02. The minimum absolute atomic E-state index is 0.0344. The Hall–Kier alpha value is -3.29. The van der Waals surface area contributed by atoms with Crippen molar-refractivity contribution in [1.29, 1.82) is 0 Å². The van der Waals surface area contributed by atoms with Gasteiger partial charge in [0.1, 0.15) is 17.6 Å². The third kappa shape index (κ3) is 2.51. The third-order valence-corrected chi connectivity index (χ3v) is 4.06. The lowest BCUT2D eigenvalue weighted by molar-refractivity contribution is -0.598. The second kappa shape index (κ2) is 5.66. The Bertz CT molecular complexity index is 1000. The quantitative estimate of drug-likeness (QED) is 0.551. The van der Waals surface area contributed by atoms with Gasteiger partial charge in [-0.1, -0.05) is 12.1 Å². The highest BCUT2D eigenvalue weighted by atomic mass is 19.1. The van der Waals surface area contributed by atoms with E-state index in [0.717, 1.165) is 0 Å². The van der Waals surface area contributed by atoms with Crippen molar-refractivity contribution in [3.05, 3.63) is 64.6 Å². The number of carbonyl (C=O) groups excluding carboxylic acids is 1. The second-order valence-corrected chi connectivity index (χ2v) is 5.65. The normalized spacial score (nSPS) is 13.4. The van der Waals surface area contributed by atoms with Crippen LogP contribution >= 0.6 is 0 Å². The van der Waals surface area contributed by atoms with E-state index >= 15 is 0 Å². The summed E-state index contributed by atoms with van der Waals surface area (Å²) in [5, 5.41) is 14.7. The minimum Gasteiger partial charge on any atom is -0.710 e. The highest BCUT2D eigenvalue weighted by molar-refractivity contribution is 5.97. The third-order valence-electron chi connectivity index (χ3n) is 4.06. The molecule has 0 bridgehead atoms. The van der Waals surface area contributed by atoms with Crippen molar-refractivity contribution in [2.24, 2.45) is 0 Å². The van der Waals surface area contributed by atoms with E-state index in [9.17, 15) is 18.8 Å². The topological polar surface area (TPSA) is 84.7 Å². The van der Waals surface area contributed by atoms with Crippen molar-refractivity contribution in [1.82, 2.24) is 15.3 Å². The van der Waals surface area contributed by atoms with Crippen molar-refractivity contribution in [2.75, 3.05) is 6.54 Å². The number of fused-ring (bicyclic) bond motifs is 1. The van der Waals surface area contributed by atoms with Crippen LogP contribution in [0.3, 0.4) is 0 Å². The van der Waals surface area contributed by atoms with E-state index in [-0.39, 0.29) is 33.4 Å². The summed E-state index contributed by atoms with van der Waals surface area (Å²) in [4.78, 5) is 18.8. The van der Waals surface area contributed by atoms with Gasteiger partial charge in [0.05, 0.1) is 11.3 Å². The van der Waals surface area contributed by atoms with Crippen LogP contribution in [0.1, 0.15) is 16.1 Å². The Kier molecular flexibility index (Phi) is 3.45. The number of H-pyrrole nitrogens is 1. The lowest BCUT2D eigenvalue weighted by atomic mass is 10.1. The zero-order valence-corrected chi connectivity index (χ0v) is 12.8. The molecule has 1 amide bonds. The monoisotopic (exact) mass is 342 g/mol. The molecule has 0 radical (unpaired) electrons. The van der Waals surface area contributed by atoms with Crippen LogP contribution in [0.15, 0.2) is 36.5 Å². The lowest BCUT2D eigenvalue weighted by Crippen LogP contribution is -2.31. The van der Waals surface area contributed by atoms with Crippen LogP contribution in [0.25, 0.3) is 22.8 Å². The van der Waals surface area contributed by atoms with Gasteiger partial charge in [-0.2, -0.15) is 4.39 Å². The molecule has 1 aliphatic heterocycles. The highest BCUT2D eigenvalue weighted by Gasteiger charge is 2.27. The van der Waals surface area contributed by atoms with Crippen LogP contribution in [0, 0.1) is 16.8 Å². The molecule has 0 saturated carbocycles. The first kappa shape index (κ1) is 15.3. The van der Waals surface area contributed by atoms with Crippen molar-refractivity contribution in [2.45, 2.75) is 6.42 Å². The van der Waals surface area contributed by atoms with Gasteiger partial charge in [-0.15, -0.1) is 0 Å². The lowest BCUT2D eigenvalue weighted by Gasteiger charge is -2.10. The number of rotatable bonds is 2. The second-order valence-electron chi connectivity index (χ2n) is 5.65. The van der Waals surface area contributed by atoms with Crippen molar-refractivity contribution in [3.8, 4) is 22.8 Å². The van der Waals surface area contributed by atoms with Crippen molar-refractivity contribution in [3.63, 3.8) is 0 Å². The van der Waals surface area contributed by atoms with Gasteiger partial charge in [-0.25, -0.2) is 9.12 Å². The molecule has 0 aliphatic carbocycles. The summed E-state index contributed by atoms with van der Waals surface area (Å²) in [5.41, 5.74) is 1.16. The Morgan fingerprint density at radius 2 is 1.96 bits per heavy atom. The standard InChI is InChI=1S/C17H12F2N4O2/c18-11-4-2-1-3-9(11)16-22-15(12(19)8-23(16)25)14-7-10-13(21-14)5-6-20-17(10)24/h1-4,7-8,21H,5-6H2,(H,20,24). The Balaban J connectivity index is 1.88. The number of aromatic amines is 1. The molecular formula is C17H12F2N4O2. The van der Waals surface area contributed by atoms with E-state index in [4.69, 9.17) is 0 Å². The summed E-state index contributed by atoms with van der Waals surface area (Å²) in [7, 11) is 0. The molecule has 126 valence electrons. The van der Waals surface area contributed by atoms with Crippen LogP contribution in [-0.4, -0.2) is 22.4 Å². The van der Waals surface area contributed by atoms with Gasteiger partial charge < -0.3 is 15.5 Å². The van der Waals surface area contributed by atoms with Crippen LogP contribution < -0.4 is 10.0 Å². The number of nitrogens with one attached hydrogen (secondary N) is 2. The molecule has 0 atom stereocenters. The predicted molar refractivity (Wildman–Crippen MR) is 84.4 cm³/mol. The number of aromatic nitrogens is 3. The fourth-order valence-corrected chi connectivity index (χ4v) is 2.87. The summed E-state index contributed by atoms with van der Waals surface area (Å²) >= 11 is 0. The first-order chi connectivity index (χ1) is 12.0.